The van der Waals surface area contributed by atoms with Gasteiger partial charge in [0.15, 0.2) is 0 Å². The summed E-state index contributed by atoms with van der Waals surface area (Å²) in [5.74, 6) is -0.0470. The summed E-state index contributed by atoms with van der Waals surface area (Å²) in [5.41, 5.74) is 5.73. The van der Waals surface area contributed by atoms with Crippen molar-refractivity contribution in [1.82, 2.24) is 19.6 Å². The van der Waals surface area contributed by atoms with Crippen LogP contribution in [0.4, 0.5) is 0 Å². The Kier molecular flexibility index (Phi) is 5.03. The minimum Gasteiger partial charge on any atom is -0.337 e. The zero-order valence-electron chi connectivity index (χ0n) is 16.9. The number of benzene rings is 2. The van der Waals surface area contributed by atoms with Gasteiger partial charge in [-0.15, -0.1) is 0 Å². The third-order valence-corrected chi connectivity index (χ3v) is 5.28. The van der Waals surface area contributed by atoms with Crippen LogP contribution in [0.25, 0.3) is 11.3 Å². The number of amides is 1. The van der Waals surface area contributed by atoms with E-state index in [1.165, 1.54) is 21.9 Å². The van der Waals surface area contributed by atoms with E-state index in [1.54, 1.807) is 18.0 Å². The first-order valence-corrected chi connectivity index (χ1v) is 9.60. The van der Waals surface area contributed by atoms with Crippen LogP contribution in [0.5, 0.6) is 0 Å². The summed E-state index contributed by atoms with van der Waals surface area (Å²) < 4.78 is 1.29. The van der Waals surface area contributed by atoms with E-state index in [9.17, 15) is 9.59 Å². The molecule has 1 aliphatic heterocycles. The molecule has 0 N–H and O–H groups in total. The second kappa shape index (κ2) is 7.64. The molecule has 0 spiro atoms. The van der Waals surface area contributed by atoms with Gasteiger partial charge >= 0.3 is 0 Å². The summed E-state index contributed by atoms with van der Waals surface area (Å²) in [6.45, 7) is 2.49. The first kappa shape index (κ1) is 19.1. The number of nitrogens with zero attached hydrogens (tertiary/aromatic N) is 4. The fourth-order valence-corrected chi connectivity index (χ4v) is 3.75. The number of carbonyl (C=O) groups is 1. The lowest BCUT2D eigenvalue weighted by atomic mass is 10.0. The molecule has 1 amide bonds. The monoisotopic (exact) mass is 388 g/mol. The quantitative estimate of drug-likeness (QED) is 0.690. The van der Waals surface area contributed by atoms with Crippen LogP contribution in [-0.2, 0) is 26.7 Å². The molecule has 148 valence electrons. The fourth-order valence-electron chi connectivity index (χ4n) is 3.75. The molecular formula is C23H24N4O2. The molecule has 2 aromatic carbocycles. The van der Waals surface area contributed by atoms with Crippen LogP contribution in [0.1, 0.15) is 27.0 Å². The first-order valence-electron chi connectivity index (χ1n) is 9.60. The smallest absolute Gasteiger partial charge is 0.266 e. The molecule has 0 atom stereocenters. The Balaban J connectivity index is 1.53. The normalized spacial score (nSPS) is 13.3. The molecule has 1 aliphatic rings. The van der Waals surface area contributed by atoms with Gasteiger partial charge in [0.25, 0.3) is 11.5 Å². The van der Waals surface area contributed by atoms with E-state index in [4.69, 9.17) is 0 Å². The second-order valence-electron chi connectivity index (χ2n) is 7.70. The molecule has 0 fully saturated rings. The number of hydrogen-bond acceptors (Lipinski definition) is 4. The second-order valence-corrected chi connectivity index (χ2v) is 7.70. The zero-order valence-corrected chi connectivity index (χ0v) is 16.9. The Morgan fingerprint density at radius 3 is 2.62 bits per heavy atom. The highest BCUT2D eigenvalue weighted by Gasteiger charge is 2.17. The first-order chi connectivity index (χ1) is 13.9. The Morgan fingerprint density at radius 2 is 1.83 bits per heavy atom. The van der Waals surface area contributed by atoms with Crippen molar-refractivity contribution in [2.75, 3.05) is 14.1 Å². The van der Waals surface area contributed by atoms with Gasteiger partial charge in [-0.3, -0.25) is 14.5 Å². The minimum atomic E-state index is -0.166. The van der Waals surface area contributed by atoms with Gasteiger partial charge < -0.3 is 4.90 Å². The maximum absolute atomic E-state index is 13.0. The topological polar surface area (TPSA) is 58.4 Å². The highest BCUT2D eigenvalue weighted by Crippen LogP contribution is 2.23. The summed E-state index contributed by atoms with van der Waals surface area (Å²) in [7, 11) is 5.55. The zero-order chi connectivity index (χ0) is 20.5. The predicted molar refractivity (Wildman–Crippen MR) is 112 cm³/mol. The average molecular weight is 388 g/mol. The lowest BCUT2D eigenvalue weighted by Crippen LogP contribution is -2.26. The Labute approximate surface area is 170 Å². The Hall–Kier alpha value is -3.25. The maximum atomic E-state index is 13.0. The number of rotatable bonds is 4. The van der Waals surface area contributed by atoms with Gasteiger partial charge in [0, 0.05) is 50.9 Å². The van der Waals surface area contributed by atoms with Crippen LogP contribution in [0.3, 0.4) is 0 Å². The minimum absolute atomic E-state index is 0.0470. The van der Waals surface area contributed by atoms with Gasteiger partial charge in [0.2, 0.25) is 0 Å². The maximum Gasteiger partial charge on any atom is 0.266 e. The van der Waals surface area contributed by atoms with Crippen LogP contribution in [0, 0.1) is 0 Å². The van der Waals surface area contributed by atoms with E-state index in [2.05, 4.69) is 35.2 Å². The van der Waals surface area contributed by atoms with E-state index in [1.807, 2.05) is 31.3 Å². The van der Waals surface area contributed by atoms with Gasteiger partial charge in [-0.25, -0.2) is 4.68 Å². The van der Waals surface area contributed by atoms with Crippen LogP contribution in [-0.4, -0.2) is 39.6 Å². The number of carbonyl (C=O) groups excluding carboxylic acids is 1. The highest BCUT2D eigenvalue weighted by molar-refractivity contribution is 5.95. The molecule has 0 radical (unpaired) electrons. The molecule has 3 aromatic rings. The largest absolute Gasteiger partial charge is 0.337 e. The van der Waals surface area contributed by atoms with Crippen LogP contribution >= 0.6 is 0 Å². The van der Waals surface area contributed by atoms with Crippen LogP contribution in [0.2, 0.25) is 0 Å². The van der Waals surface area contributed by atoms with Crippen molar-refractivity contribution in [3.05, 3.63) is 87.2 Å². The van der Waals surface area contributed by atoms with Crippen LogP contribution < -0.4 is 5.56 Å². The number of aromatic nitrogens is 2. The SMILES string of the molecule is CN1Cc2ccc(CN(C)C(=O)c3cccc(-c4ccc(=O)n(C)n4)c3)cc2C1. The van der Waals surface area contributed by atoms with Gasteiger partial charge in [-0.1, -0.05) is 30.3 Å². The third-order valence-electron chi connectivity index (χ3n) is 5.28. The molecule has 0 aliphatic carbocycles. The highest BCUT2D eigenvalue weighted by atomic mass is 16.2. The van der Waals surface area contributed by atoms with Crippen molar-refractivity contribution in [2.24, 2.45) is 7.05 Å². The molecule has 0 unspecified atom stereocenters. The molecule has 4 rings (SSSR count). The summed E-state index contributed by atoms with van der Waals surface area (Å²) in [4.78, 5) is 28.6. The van der Waals surface area contributed by atoms with E-state index in [-0.39, 0.29) is 11.5 Å². The van der Waals surface area contributed by atoms with E-state index < -0.39 is 0 Å². The van der Waals surface area contributed by atoms with Gasteiger partial charge in [0.1, 0.15) is 0 Å². The fraction of sp³-hybridized carbons (Fsp3) is 0.261. The van der Waals surface area contributed by atoms with Crippen molar-refractivity contribution in [3.63, 3.8) is 0 Å². The summed E-state index contributed by atoms with van der Waals surface area (Å²) in [6, 6.07) is 17.0. The van der Waals surface area contributed by atoms with Crippen LogP contribution in [0.15, 0.2) is 59.4 Å². The van der Waals surface area contributed by atoms with E-state index >= 15 is 0 Å². The summed E-state index contributed by atoms with van der Waals surface area (Å²) >= 11 is 0. The molecule has 29 heavy (non-hydrogen) atoms. The van der Waals surface area contributed by atoms with Crippen molar-refractivity contribution < 1.29 is 4.79 Å². The standard InChI is InChI=1S/C23H24N4O2/c1-25-14-19-8-7-16(11-20(19)15-25)13-26(2)23(29)18-6-4-5-17(12-18)21-9-10-22(28)27(3)24-21/h4-12H,13-15H2,1-3H3. The number of aryl methyl sites for hydroxylation is 1. The molecular weight excluding hydrogens is 364 g/mol. The predicted octanol–water partition coefficient (Wildman–Crippen LogP) is 2.66. The average Bonchev–Trinajstić information content (AvgIpc) is 3.08. The molecule has 6 heteroatoms. The molecule has 1 aromatic heterocycles. The molecule has 0 saturated heterocycles. The number of fused-ring (bicyclic) bond motifs is 1. The van der Waals surface area contributed by atoms with Gasteiger partial charge in [0.05, 0.1) is 5.69 Å². The molecule has 6 nitrogen and oxygen atoms in total. The van der Waals surface area contributed by atoms with E-state index in [0.29, 0.717) is 17.8 Å². The Bertz CT molecular complexity index is 1140. The van der Waals surface area contributed by atoms with Crippen molar-refractivity contribution in [3.8, 4) is 11.3 Å². The molecule has 0 saturated carbocycles. The van der Waals surface area contributed by atoms with Crippen molar-refractivity contribution in [2.45, 2.75) is 19.6 Å². The Morgan fingerprint density at radius 1 is 1.03 bits per heavy atom. The van der Waals surface area contributed by atoms with Crippen molar-refractivity contribution >= 4 is 5.91 Å². The summed E-state index contributed by atoms with van der Waals surface area (Å²) in [5, 5.41) is 4.27. The lowest BCUT2D eigenvalue weighted by molar-refractivity contribution is 0.0785. The van der Waals surface area contributed by atoms with Gasteiger partial charge in [-0.2, -0.15) is 5.10 Å². The third kappa shape index (κ3) is 3.98. The van der Waals surface area contributed by atoms with Crippen molar-refractivity contribution in [1.29, 1.82) is 0 Å². The molecule has 0 bridgehead atoms. The summed E-state index contributed by atoms with van der Waals surface area (Å²) in [6.07, 6.45) is 0. The lowest BCUT2D eigenvalue weighted by Gasteiger charge is -2.18. The molecule has 2 heterocycles. The number of hydrogen-bond donors (Lipinski definition) is 0. The van der Waals surface area contributed by atoms with E-state index in [0.717, 1.165) is 24.2 Å². The van der Waals surface area contributed by atoms with Gasteiger partial charge in [-0.05, 0) is 41.9 Å².